The highest BCUT2D eigenvalue weighted by molar-refractivity contribution is 5.53. The van der Waals surface area contributed by atoms with E-state index in [0.29, 0.717) is 35.8 Å². The average molecular weight is 341 g/mol. The molecule has 25 heavy (non-hydrogen) atoms. The molecule has 2 N–H and O–H groups in total. The van der Waals surface area contributed by atoms with Crippen molar-refractivity contribution in [3.63, 3.8) is 0 Å². The quantitative estimate of drug-likeness (QED) is 0.800. The van der Waals surface area contributed by atoms with Crippen LogP contribution in [0.25, 0.3) is 0 Å². The molecule has 130 valence electrons. The number of piperidine rings is 1. The van der Waals surface area contributed by atoms with Crippen molar-refractivity contribution >= 4 is 11.6 Å². The largest absolute Gasteiger partial charge is 0.487 e. The number of rotatable bonds is 6. The van der Waals surface area contributed by atoms with Gasteiger partial charge >= 0.3 is 0 Å². The van der Waals surface area contributed by atoms with Crippen molar-refractivity contribution < 1.29 is 9.47 Å². The van der Waals surface area contributed by atoms with Crippen molar-refractivity contribution in [1.82, 2.24) is 25.5 Å². The lowest BCUT2D eigenvalue weighted by molar-refractivity contribution is 0.209. The molecule has 3 heterocycles. The molecule has 1 fully saturated rings. The van der Waals surface area contributed by atoms with Gasteiger partial charge < -0.3 is 20.1 Å². The molecule has 0 radical (unpaired) electrons. The molecule has 0 aliphatic carbocycles. The van der Waals surface area contributed by atoms with Crippen LogP contribution in [0.15, 0.2) is 18.5 Å². The molecule has 2 aromatic heterocycles. The van der Waals surface area contributed by atoms with Crippen molar-refractivity contribution in [3.8, 4) is 17.7 Å². The Bertz CT molecular complexity index is 739. The van der Waals surface area contributed by atoms with Crippen LogP contribution < -0.4 is 20.1 Å². The van der Waals surface area contributed by atoms with E-state index in [2.05, 4.69) is 30.8 Å². The van der Waals surface area contributed by atoms with Crippen LogP contribution in [0, 0.1) is 17.2 Å². The zero-order valence-electron chi connectivity index (χ0n) is 13.9. The molecule has 9 nitrogen and oxygen atoms in total. The topological polar surface area (TPSA) is 118 Å². The zero-order valence-corrected chi connectivity index (χ0v) is 13.9. The highest BCUT2D eigenvalue weighted by atomic mass is 16.5. The van der Waals surface area contributed by atoms with Crippen LogP contribution in [0.1, 0.15) is 18.5 Å². The second kappa shape index (κ2) is 8.21. The summed E-state index contributed by atoms with van der Waals surface area (Å²) in [6.45, 7) is 2.61. The lowest BCUT2D eigenvalue weighted by Gasteiger charge is -2.23. The van der Waals surface area contributed by atoms with Crippen LogP contribution in [0.3, 0.4) is 0 Å². The predicted octanol–water partition coefficient (Wildman–Crippen LogP) is 1.27. The second-order valence-electron chi connectivity index (χ2n) is 5.65. The summed E-state index contributed by atoms with van der Waals surface area (Å²) in [5.74, 6) is 2.23. The number of aromatic nitrogens is 4. The summed E-state index contributed by atoms with van der Waals surface area (Å²) in [4.78, 5) is 8.04. The Kier molecular flexibility index (Phi) is 5.53. The van der Waals surface area contributed by atoms with Crippen molar-refractivity contribution in [2.45, 2.75) is 12.8 Å². The Morgan fingerprint density at radius 3 is 2.92 bits per heavy atom. The van der Waals surface area contributed by atoms with Crippen molar-refractivity contribution in [3.05, 3.63) is 24.2 Å². The van der Waals surface area contributed by atoms with Gasteiger partial charge in [-0.15, -0.1) is 10.2 Å². The highest BCUT2D eigenvalue weighted by Gasteiger charge is 2.16. The summed E-state index contributed by atoms with van der Waals surface area (Å²) >= 11 is 0. The Morgan fingerprint density at radius 1 is 1.32 bits per heavy atom. The fourth-order valence-electron chi connectivity index (χ4n) is 2.52. The summed E-state index contributed by atoms with van der Waals surface area (Å²) < 4.78 is 11.1. The predicted molar refractivity (Wildman–Crippen MR) is 89.7 cm³/mol. The standard InChI is InChI=1S/C16H19N7O2/c1-24-16-13(25-10-11-3-2-4-18-7-11)5-14(22-23-16)21-15-9-19-12(6-17)8-20-15/h5,8-9,11,18H,2-4,7,10H2,1H3,(H,20,21,22). The van der Waals surface area contributed by atoms with Gasteiger partial charge in [-0.05, 0) is 19.4 Å². The maximum Gasteiger partial charge on any atom is 0.276 e. The summed E-state index contributed by atoms with van der Waals surface area (Å²) in [5.41, 5.74) is 0.247. The number of nitrogens with zero attached hydrogens (tertiary/aromatic N) is 5. The Hall–Kier alpha value is -2.99. The Balaban J connectivity index is 1.68. The van der Waals surface area contributed by atoms with E-state index in [-0.39, 0.29) is 5.69 Å². The van der Waals surface area contributed by atoms with Gasteiger partial charge in [-0.25, -0.2) is 9.97 Å². The van der Waals surface area contributed by atoms with Gasteiger partial charge in [0, 0.05) is 18.5 Å². The van der Waals surface area contributed by atoms with Crippen LogP contribution >= 0.6 is 0 Å². The first-order valence-electron chi connectivity index (χ1n) is 8.03. The third-order valence-electron chi connectivity index (χ3n) is 3.82. The van der Waals surface area contributed by atoms with Crippen LogP contribution in [0.4, 0.5) is 11.6 Å². The Morgan fingerprint density at radius 2 is 2.24 bits per heavy atom. The first kappa shape index (κ1) is 16.9. The molecule has 1 atom stereocenters. The average Bonchev–Trinajstić information content (AvgIpc) is 2.68. The van der Waals surface area contributed by atoms with Gasteiger partial charge in [0.25, 0.3) is 5.88 Å². The molecular formula is C16H19N7O2. The molecule has 3 rings (SSSR count). The summed E-state index contributed by atoms with van der Waals surface area (Å²) in [5, 5.41) is 23.1. The van der Waals surface area contributed by atoms with Gasteiger partial charge in [0.1, 0.15) is 11.9 Å². The lowest BCUT2D eigenvalue weighted by Crippen LogP contribution is -2.33. The van der Waals surface area contributed by atoms with Gasteiger partial charge in [0.15, 0.2) is 17.3 Å². The van der Waals surface area contributed by atoms with Crippen molar-refractivity contribution in [2.75, 3.05) is 32.1 Å². The number of hydrogen-bond donors (Lipinski definition) is 2. The summed E-state index contributed by atoms with van der Waals surface area (Å²) in [7, 11) is 1.53. The monoisotopic (exact) mass is 341 g/mol. The van der Waals surface area contributed by atoms with Crippen molar-refractivity contribution in [1.29, 1.82) is 5.26 Å². The molecule has 0 saturated carbocycles. The van der Waals surface area contributed by atoms with E-state index in [0.717, 1.165) is 25.9 Å². The third-order valence-corrected chi connectivity index (χ3v) is 3.82. The van der Waals surface area contributed by atoms with E-state index in [1.807, 2.05) is 6.07 Å². The minimum absolute atomic E-state index is 0.247. The number of ether oxygens (including phenoxy) is 2. The summed E-state index contributed by atoms with van der Waals surface area (Å²) in [6, 6.07) is 3.63. The molecular weight excluding hydrogens is 322 g/mol. The number of nitriles is 1. The lowest BCUT2D eigenvalue weighted by atomic mass is 10.0. The smallest absolute Gasteiger partial charge is 0.276 e. The van der Waals surface area contributed by atoms with Crippen LogP contribution in [0.2, 0.25) is 0 Å². The third kappa shape index (κ3) is 4.51. The molecule has 9 heteroatoms. The Labute approximate surface area is 145 Å². The van der Waals surface area contributed by atoms with Gasteiger partial charge in [-0.2, -0.15) is 5.26 Å². The van der Waals surface area contributed by atoms with Crippen LogP contribution in [0.5, 0.6) is 11.6 Å². The molecule has 1 aliphatic heterocycles. The zero-order chi connectivity index (χ0) is 17.5. The number of nitrogens with one attached hydrogen (secondary N) is 2. The van der Waals surface area contributed by atoms with E-state index in [1.54, 1.807) is 6.07 Å². The number of anilines is 2. The van der Waals surface area contributed by atoms with E-state index in [1.165, 1.54) is 19.5 Å². The minimum atomic E-state index is 0.247. The molecule has 0 amide bonds. The normalized spacial score (nSPS) is 16.7. The van der Waals surface area contributed by atoms with Gasteiger partial charge in [-0.3, -0.25) is 0 Å². The maximum atomic E-state index is 8.75. The fourth-order valence-corrected chi connectivity index (χ4v) is 2.52. The first-order valence-corrected chi connectivity index (χ1v) is 8.03. The highest BCUT2D eigenvalue weighted by Crippen LogP contribution is 2.27. The first-order chi connectivity index (χ1) is 12.3. The second-order valence-corrected chi connectivity index (χ2v) is 5.65. The molecule has 0 bridgehead atoms. The van der Waals surface area contributed by atoms with Crippen molar-refractivity contribution in [2.24, 2.45) is 5.92 Å². The molecule has 1 unspecified atom stereocenters. The van der Waals surface area contributed by atoms with Crippen LogP contribution in [-0.2, 0) is 0 Å². The molecule has 1 aliphatic rings. The van der Waals surface area contributed by atoms with E-state index in [9.17, 15) is 0 Å². The molecule has 1 saturated heterocycles. The molecule has 2 aromatic rings. The van der Waals surface area contributed by atoms with Gasteiger partial charge in [0.2, 0.25) is 0 Å². The van der Waals surface area contributed by atoms with E-state index in [4.69, 9.17) is 14.7 Å². The van der Waals surface area contributed by atoms with E-state index >= 15 is 0 Å². The fraction of sp³-hybridized carbons (Fsp3) is 0.438. The number of hydrogen-bond acceptors (Lipinski definition) is 9. The number of methoxy groups -OCH3 is 1. The molecule has 0 aromatic carbocycles. The minimum Gasteiger partial charge on any atom is -0.487 e. The maximum absolute atomic E-state index is 8.75. The van der Waals surface area contributed by atoms with Crippen LogP contribution in [-0.4, -0.2) is 47.0 Å². The van der Waals surface area contributed by atoms with Gasteiger partial charge in [0.05, 0.1) is 26.1 Å². The SMILES string of the molecule is COc1nnc(Nc2cnc(C#N)cn2)cc1OCC1CCCNC1. The summed E-state index contributed by atoms with van der Waals surface area (Å²) in [6.07, 6.45) is 5.13. The van der Waals surface area contributed by atoms with Gasteiger partial charge in [-0.1, -0.05) is 0 Å². The van der Waals surface area contributed by atoms with E-state index < -0.39 is 0 Å². The molecule has 0 spiro atoms.